The second-order valence-electron chi connectivity index (χ2n) is 8.22. The van der Waals surface area contributed by atoms with Crippen molar-refractivity contribution in [2.45, 2.75) is 52.4 Å². The van der Waals surface area contributed by atoms with Gasteiger partial charge in [0.2, 0.25) is 0 Å². The summed E-state index contributed by atoms with van der Waals surface area (Å²) < 4.78 is 13.1. The molecule has 2 amide bonds. The molecule has 34 heavy (non-hydrogen) atoms. The first-order valence-electron chi connectivity index (χ1n) is 11.7. The van der Waals surface area contributed by atoms with Gasteiger partial charge in [-0.3, -0.25) is 9.59 Å². The van der Waals surface area contributed by atoms with Gasteiger partial charge in [0, 0.05) is 22.0 Å². The molecule has 0 aromatic heterocycles. The summed E-state index contributed by atoms with van der Waals surface area (Å²) in [6.45, 7) is 5.34. The number of nitrogens with one attached hydrogen (secondary N) is 2. The summed E-state index contributed by atoms with van der Waals surface area (Å²) in [5, 5.41) is 5.79. The quantitative estimate of drug-likeness (QED) is 0.252. The van der Waals surface area contributed by atoms with E-state index in [-0.39, 0.29) is 25.0 Å². The highest BCUT2D eigenvalue weighted by atomic mass is 79.9. The predicted octanol–water partition coefficient (Wildman–Crippen LogP) is 5.86. The second kappa shape index (κ2) is 15.8. The lowest BCUT2D eigenvalue weighted by atomic mass is 10.1. The fraction of sp³-hybridized carbons (Fsp3) is 0.462. The lowest BCUT2D eigenvalue weighted by molar-refractivity contribution is -0.123. The van der Waals surface area contributed by atoms with Gasteiger partial charge in [0.05, 0.1) is 0 Å². The van der Waals surface area contributed by atoms with Crippen molar-refractivity contribution in [1.82, 2.24) is 10.6 Å². The Balaban J connectivity index is 1.40. The van der Waals surface area contributed by atoms with Crippen molar-refractivity contribution in [1.29, 1.82) is 0 Å². The number of hydrogen-bond donors (Lipinski definition) is 2. The van der Waals surface area contributed by atoms with E-state index >= 15 is 0 Å². The van der Waals surface area contributed by atoms with Crippen LogP contribution in [0.5, 0.6) is 11.5 Å². The number of ether oxygens (including phenoxy) is 2. The summed E-state index contributed by atoms with van der Waals surface area (Å²) in [5.74, 6) is 1.18. The Morgan fingerprint density at radius 1 is 0.676 bits per heavy atom. The number of rotatable bonds is 15. The van der Waals surface area contributed by atoms with Crippen molar-refractivity contribution in [2.75, 3.05) is 26.3 Å². The number of carbonyl (C=O) groups excluding carboxylic acids is 2. The molecular formula is C26H34Br2N2O4. The maximum atomic E-state index is 11.9. The van der Waals surface area contributed by atoms with Crippen LogP contribution < -0.4 is 20.1 Å². The van der Waals surface area contributed by atoms with Crippen LogP contribution >= 0.6 is 31.9 Å². The summed E-state index contributed by atoms with van der Waals surface area (Å²) in [6, 6.07) is 11.3. The molecule has 186 valence electrons. The third-order valence-corrected chi connectivity index (χ3v) is 7.03. The number of unbranched alkanes of at least 4 members (excludes halogenated alkanes) is 5. The molecule has 0 saturated heterocycles. The minimum atomic E-state index is -0.101. The zero-order chi connectivity index (χ0) is 24.8. The zero-order valence-electron chi connectivity index (χ0n) is 19.9. The van der Waals surface area contributed by atoms with Gasteiger partial charge in [-0.1, -0.05) is 57.5 Å². The third-order valence-electron chi connectivity index (χ3n) is 5.25. The third kappa shape index (κ3) is 11.4. The molecule has 0 radical (unpaired) electrons. The van der Waals surface area contributed by atoms with Crippen LogP contribution in [0.3, 0.4) is 0 Å². The van der Waals surface area contributed by atoms with Crippen LogP contribution in [0.15, 0.2) is 45.3 Å². The van der Waals surface area contributed by atoms with Crippen molar-refractivity contribution in [2.24, 2.45) is 0 Å². The van der Waals surface area contributed by atoms with Gasteiger partial charge in [-0.05, 0) is 74.2 Å². The molecular weight excluding hydrogens is 564 g/mol. The predicted molar refractivity (Wildman–Crippen MR) is 142 cm³/mol. The molecule has 2 aromatic rings. The number of halogens is 2. The number of benzene rings is 2. The number of amides is 2. The van der Waals surface area contributed by atoms with E-state index in [2.05, 4.69) is 42.5 Å². The standard InChI is InChI=1S/C26H34Br2N2O4/c1-19-15-21(9-11-23(19)27)33-17-25(31)29-13-7-5-3-4-6-8-14-30-26(32)18-34-22-10-12-24(28)20(2)16-22/h9-12,15-16H,3-8,13-14,17-18H2,1-2H3,(H,29,31)(H,30,32). The van der Waals surface area contributed by atoms with Crippen LogP contribution in [-0.4, -0.2) is 38.1 Å². The van der Waals surface area contributed by atoms with Crippen LogP contribution in [0, 0.1) is 13.8 Å². The van der Waals surface area contributed by atoms with E-state index in [4.69, 9.17) is 9.47 Å². The molecule has 0 aliphatic heterocycles. The van der Waals surface area contributed by atoms with Crippen LogP contribution in [0.2, 0.25) is 0 Å². The summed E-state index contributed by atoms with van der Waals surface area (Å²) in [6.07, 6.45) is 6.27. The summed E-state index contributed by atoms with van der Waals surface area (Å²) in [7, 11) is 0. The van der Waals surface area contributed by atoms with Gasteiger partial charge < -0.3 is 20.1 Å². The molecule has 0 aliphatic rings. The van der Waals surface area contributed by atoms with Gasteiger partial charge in [0.15, 0.2) is 13.2 Å². The lowest BCUT2D eigenvalue weighted by Gasteiger charge is -2.09. The molecule has 2 N–H and O–H groups in total. The Morgan fingerprint density at radius 2 is 1.06 bits per heavy atom. The van der Waals surface area contributed by atoms with E-state index in [1.807, 2.05) is 50.2 Å². The van der Waals surface area contributed by atoms with Crippen LogP contribution in [0.25, 0.3) is 0 Å². The van der Waals surface area contributed by atoms with Gasteiger partial charge in [-0.15, -0.1) is 0 Å². The molecule has 0 spiro atoms. The van der Waals surface area contributed by atoms with Crippen molar-refractivity contribution < 1.29 is 19.1 Å². The molecule has 0 heterocycles. The maximum absolute atomic E-state index is 11.9. The highest BCUT2D eigenvalue weighted by Gasteiger charge is 2.05. The maximum Gasteiger partial charge on any atom is 0.257 e. The van der Waals surface area contributed by atoms with Gasteiger partial charge in [0.1, 0.15) is 11.5 Å². The Morgan fingerprint density at radius 3 is 1.44 bits per heavy atom. The largest absolute Gasteiger partial charge is 0.484 e. The van der Waals surface area contributed by atoms with E-state index in [0.717, 1.165) is 58.6 Å². The molecule has 0 bridgehead atoms. The van der Waals surface area contributed by atoms with Crippen molar-refractivity contribution in [3.05, 3.63) is 56.5 Å². The number of carbonyl (C=O) groups is 2. The zero-order valence-corrected chi connectivity index (χ0v) is 23.1. The first-order valence-corrected chi connectivity index (χ1v) is 13.2. The topological polar surface area (TPSA) is 76.7 Å². The van der Waals surface area contributed by atoms with Crippen molar-refractivity contribution >= 4 is 43.7 Å². The van der Waals surface area contributed by atoms with Crippen LogP contribution in [0.1, 0.15) is 49.7 Å². The molecule has 0 unspecified atom stereocenters. The Bertz CT molecular complexity index is 862. The van der Waals surface area contributed by atoms with E-state index in [0.29, 0.717) is 24.6 Å². The summed E-state index contributed by atoms with van der Waals surface area (Å²) >= 11 is 6.89. The fourth-order valence-electron chi connectivity index (χ4n) is 3.23. The van der Waals surface area contributed by atoms with E-state index < -0.39 is 0 Å². The molecule has 8 heteroatoms. The molecule has 0 fully saturated rings. The fourth-order valence-corrected chi connectivity index (χ4v) is 3.72. The molecule has 0 atom stereocenters. The number of aryl methyl sites for hydroxylation is 2. The van der Waals surface area contributed by atoms with Crippen LogP contribution in [0.4, 0.5) is 0 Å². The summed E-state index contributed by atoms with van der Waals surface area (Å²) in [4.78, 5) is 23.8. The minimum Gasteiger partial charge on any atom is -0.484 e. The molecule has 0 saturated carbocycles. The van der Waals surface area contributed by atoms with Gasteiger partial charge in [0.25, 0.3) is 11.8 Å². The molecule has 0 aliphatic carbocycles. The normalized spacial score (nSPS) is 10.6. The Labute approximate surface area is 219 Å². The first-order chi connectivity index (χ1) is 16.3. The average molecular weight is 598 g/mol. The summed E-state index contributed by atoms with van der Waals surface area (Å²) in [5.41, 5.74) is 2.14. The lowest BCUT2D eigenvalue weighted by Crippen LogP contribution is -2.29. The Hall–Kier alpha value is -2.06. The molecule has 6 nitrogen and oxygen atoms in total. The van der Waals surface area contributed by atoms with Gasteiger partial charge in [-0.25, -0.2) is 0 Å². The molecule has 2 rings (SSSR count). The second-order valence-corrected chi connectivity index (χ2v) is 9.93. The average Bonchev–Trinajstić information content (AvgIpc) is 2.81. The monoisotopic (exact) mass is 596 g/mol. The highest BCUT2D eigenvalue weighted by Crippen LogP contribution is 2.22. The van der Waals surface area contributed by atoms with Crippen LogP contribution in [-0.2, 0) is 9.59 Å². The minimum absolute atomic E-state index is 0.0284. The SMILES string of the molecule is Cc1cc(OCC(=O)NCCCCCCCCNC(=O)COc2ccc(Br)c(C)c2)ccc1Br. The van der Waals surface area contributed by atoms with Crippen molar-refractivity contribution in [3.8, 4) is 11.5 Å². The Kier molecular flexibility index (Phi) is 13.1. The smallest absolute Gasteiger partial charge is 0.257 e. The van der Waals surface area contributed by atoms with E-state index in [1.54, 1.807) is 0 Å². The first kappa shape index (κ1) is 28.2. The highest BCUT2D eigenvalue weighted by molar-refractivity contribution is 9.10. The van der Waals surface area contributed by atoms with Gasteiger partial charge in [-0.2, -0.15) is 0 Å². The van der Waals surface area contributed by atoms with E-state index in [9.17, 15) is 9.59 Å². The van der Waals surface area contributed by atoms with E-state index in [1.165, 1.54) is 0 Å². The van der Waals surface area contributed by atoms with Crippen molar-refractivity contribution in [3.63, 3.8) is 0 Å². The number of hydrogen-bond acceptors (Lipinski definition) is 4. The molecule has 2 aromatic carbocycles. The van der Waals surface area contributed by atoms with Gasteiger partial charge >= 0.3 is 0 Å².